The summed E-state index contributed by atoms with van der Waals surface area (Å²) in [5.74, 6) is 1.21. The van der Waals surface area contributed by atoms with Crippen LogP contribution in [0.15, 0.2) is 11.1 Å². The van der Waals surface area contributed by atoms with Crippen LogP contribution in [0.2, 0.25) is 0 Å². The van der Waals surface area contributed by atoms with Crippen molar-refractivity contribution < 1.29 is 0 Å². The second kappa shape index (κ2) is 4.62. The van der Waals surface area contributed by atoms with Gasteiger partial charge in [-0.15, -0.1) is 0 Å². The first-order valence-electron chi connectivity index (χ1n) is 8.09. The quantitative estimate of drug-likeness (QED) is 0.604. The van der Waals surface area contributed by atoms with E-state index in [0.29, 0.717) is 11.8 Å². The molecule has 0 aliphatic heterocycles. The van der Waals surface area contributed by atoms with E-state index in [0.717, 1.165) is 0 Å². The van der Waals surface area contributed by atoms with Crippen molar-refractivity contribution >= 4 is 12.2 Å². The molecule has 3 rings (SSSR count). The van der Waals surface area contributed by atoms with Gasteiger partial charge in [0.15, 0.2) is 0 Å². The summed E-state index contributed by atoms with van der Waals surface area (Å²) in [7, 11) is 0. The zero-order valence-electron chi connectivity index (χ0n) is 13.7. The van der Waals surface area contributed by atoms with Gasteiger partial charge in [-0.1, -0.05) is 51.0 Å². The Balaban J connectivity index is 2.27. The van der Waals surface area contributed by atoms with Gasteiger partial charge in [0.25, 0.3) is 0 Å². The van der Waals surface area contributed by atoms with Gasteiger partial charge in [-0.25, -0.2) is 0 Å². The minimum absolute atomic E-state index is 0.605. The molecule has 0 amide bonds. The summed E-state index contributed by atoms with van der Waals surface area (Å²) in [5.41, 5.74) is 12.5. The summed E-state index contributed by atoms with van der Waals surface area (Å²) in [6.07, 6.45) is 7.29. The summed E-state index contributed by atoms with van der Waals surface area (Å²) >= 11 is 0. The minimum atomic E-state index is 0.605. The Labute approximate surface area is 123 Å². The van der Waals surface area contributed by atoms with Crippen molar-refractivity contribution in [1.82, 2.24) is 0 Å². The van der Waals surface area contributed by atoms with E-state index in [4.69, 9.17) is 0 Å². The molecule has 1 aromatic rings. The molecule has 2 aliphatic rings. The normalized spacial score (nSPS) is 23.5. The lowest BCUT2D eigenvalue weighted by molar-refractivity contribution is 0.840. The SMILES string of the molecule is CCC1=Cc2c(C)c3c(c(C)c2C1C)C=C(CC)C3C. The van der Waals surface area contributed by atoms with Crippen LogP contribution in [0, 0.1) is 13.8 Å². The van der Waals surface area contributed by atoms with Crippen LogP contribution >= 0.6 is 0 Å². The molecule has 0 radical (unpaired) electrons. The van der Waals surface area contributed by atoms with Crippen molar-refractivity contribution in [1.29, 1.82) is 0 Å². The first-order valence-corrected chi connectivity index (χ1v) is 8.09. The molecule has 0 nitrogen and oxygen atoms in total. The lowest BCUT2D eigenvalue weighted by atomic mass is 9.83. The smallest absolute Gasteiger partial charge is 0.00319 e. The van der Waals surface area contributed by atoms with Crippen LogP contribution in [0.3, 0.4) is 0 Å². The van der Waals surface area contributed by atoms with Crippen LogP contribution < -0.4 is 0 Å². The number of hydrogen-bond acceptors (Lipinski definition) is 0. The van der Waals surface area contributed by atoms with Gasteiger partial charge in [0.2, 0.25) is 0 Å². The van der Waals surface area contributed by atoms with Gasteiger partial charge in [0.1, 0.15) is 0 Å². The van der Waals surface area contributed by atoms with E-state index in [1.54, 1.807) is 22.3 Å². The number of rotatable bonds is 2. The highest BCUT2D eigenvalue weighted by molar-refractivity contribution is 5.80. The lowest BCUT2D eigenvalue weighted by Crippen LogP contribution is -2.04. The third-order valence-corrected chi connectivity index (χ3v) is 5.65. The molecular weight excluding hydrogens is 240 g/mol. The minimum Gasteiger partial charge on any atom is -0.0626 e. The van der Waals surface area contributed by atoms with E-state index >= 15 is 0 Å². The molecule has 106 valence electrons. The van der Waals surface area contributed by atoms with Gasteiger partial charge < -0.3 is 0 Å². The Kier molecular flexibility index (Phi) is 3.16. The van der Waals surface area contributed by atoms with E-state index in [2.05, 4.69) is 53.7 Å². The van der Waals surface area contributed by atoms with Gasteiger partial charge >= 0.3 is 0 Å². The fourth-order valence-electron chi connectivity index (χ4n) is 4.39. The maximum atomic E-state index is 2.47. The Bertz CT molecular complexity index is 583. The fourth-order valence-corrected chi connectivity index (χ4v) is 4.39. The van der Waals surface area contributed by atoms with Gasteiger partial charge in [-0.05, 0) is 60.1 Å². The third kappa shape index (κ3) is 1.60. The van der Waals surface area contributed by atoms with Crippen molar-refractivity contribution in [3.63, 3.8) is 0 Å². The monoisotopic (exact) mass is 266 g/mol. The predicted octanol–water partition coefficient (Wildman–Crippen LogP) is 6.12. The van der Waals surface area contributed by atoms with Gasteiger partial charge in [-0.3, -0.25) is 0 Å². The van der Waals surface area contributed by atoms with Crippen LogP contribution in [0.1, 0.15) is 85.8 Å². The van der Waals surface area contributed by atoms with Crippen LogP contribution in [0.4, 0.5) is 0 Å². The van der Waals surface area contributed by atoms with E-state index < -0.39 is 0 Å². The van der Waals surface area contributed by atoms with Gasteiger partial charge in [0, 0.05) is 11.8 Å². The molecule has 0 heterocycles. The van der Waals surface area contributed by atoms with E-state index in [1.165, 1.54) is 35.1 Å². The summed E-state index contributed by atoms with van der Waals surface area (Å²) in [6.45, 7) is 14.0. The summed E-state index contributed by atoms with van der Waals surface area (Å²) in [4.78, 5) is 0. The van der Waals surface area contributed by atoms with Crippen molar-refractivity contribution in [2.45, 2.75) is 66.2 Å². The molecule has 0 heteroatoms. The number of fused-ring (bicyclic) bond motifs is 2. The molecule has 0 spiro atoms. The average molecular weight is 266 g/mol. The lowest BCUT2D eigenvalue weighted by Gasteiger charge is -2.20. The van der Waals surface area contributed by atoms with E-state index in [9.17, 15) is 0 Å². The van der Waals surface area contributed by atoms with Gasteiger partial charge in [0.05, 0.1) is 0 Å². The highest BCUT2D eigenvalue weighted by Crippen LogP contribution is 2.49. The summed E-state index contributed by atoms with van der Waals surface area (Å²) < 4.78 is 0. The van der Waals surface area contributed by atoms with Crippen molar-refractivity contribution in [3.8, 4) is 0 Å². The molecule has 1 aromatic carbocycles. The van der Waals surface area contributed by atoms with Gasteiger partial charge in [-0.2, -0.15) is 0 Å². The Hall–Kier alpha value is -1.30. The van der Waals surface area contributed by atoms with Crippen LogP contribution in [0.5, 0.6) is 0 Å². The second-order valence-electron chi connectivity index (χ2n) is 6.49. The largest absolute Gasteiger partial charge is 0.0626 e. The average Bonchev–Trinajstić information content (AvgIpc) is 2.94. The molecule has 0 saturated heterocycles. The zero-order valence-corrected chi connectivity index (χ0v) is 13.7. The molecule has 0 fully saturated rings. The molecule has 2 unspecified atom stereocenters. The Morgan fingerprint density at radius 1 is 0.750 bits per heavy atom. The maximum absolute atomic E-state index is 2.47. The standard InChI is InChI=1S/C20H26/c1-7-15-9-17-13(5)20-12(4)16(8-2)10-18(20)14(6)19(17)11(15)3/h9-12H,7-8H2,1-6H3. The summed E-state index contributed by atoms with van der Waals surface area (Å²) in [6, 6.07) is 0. The van der Waals surface area contributed by atoms with Crippen LogP contribution in [-0.4, -0.2) is 0 Å². The highest BCUT2D eigenvalue weighted by Gasteiger charge is 2.31. The number of allylic oxidation sites excluding steroid dienone is 2. The van der Waals surface area contributed by atoms with Crippen LogP contribution in [-0.2, 0) is 0 Å². The molecular formula is C20H26. The molecule has 0 aromatic heterocycles. The first-order chi connectivity index (χ1) is 9.51. The van der Waals surface area contributed by atoms with Crippen LogP contribution in [0.25, 0.3) is 12.2 Å². The molecule has 0 saturated carbocycles. The molecule has 0 bridgehead atoms. The molecule has 2 atom stereocenters. The topological polar surface area (TPSA) is 0 Å². The molecule has 0 N–H and O–H groups in total. The number of benzene rings is 1. The van der Waals surface area contributed by atoms with E-state index in [1.807, 2.05) is 0 Å². The predicted molar refractivity (Wildman–Crippen MR) is 89.3 cm³/mol. The summed E-state index contributed by atoms with van der Waals surface area (Å²) in [5, 5.41) is 0. The zero-order chi connectivity index (χ0) is 14.6. The Morgan fingerprint density at radius 3 is 1.40 bits per heavy atom. The third-order valence-electron chi connectivity index (χ3n) is 5.65. The van der Waals surface area contributed by atoms with Crippen molar-refractivity contribution in [2.24, 2.45) is 0 Å². The molecule has 2 aliphatic carbocycles. The van der Waals surface area contributed by atoms with Crippen molar-refractivity contribution in [3.05, 3.63) is 44.5 Å². The maximum Gasteiger partial charge on any atom is 0.00319 e. The number of hydrogen-bond donors (Lipinski definition) is 0. The molecule has 20 heavy (non-hydrogen) atoms. The van der Waals surface area contributed by atoms with Crippen molar-refractivity contribution in [2.75, 3.05) is 0 Å². The highest BCUT2D eigenvalue weighted by atomic mass is 14.4. The fraction of sp³-hybridized carbons (Fsp3) is 0.500. The van der Waals surface area contributed by atoms with E-state index in [-0.39, 0.29) is 0 Å². The second-order valence-corrected chi connectivity index (χ2v) is 6.49. The first kappa shape index (κ1) is 13.7. The Morgan fingerprint density at radius 2 is 1.10 bits per heavy atom.